The van der Waals surface area contributed by atoms with E-state index in [1.165, 1.54) is 0 Å². The first-order valence-corrected chi connectivity index (χ1v) is 6.43. The summed E-state index contributed by atoms with van der Waals surface area (Å²) < 4.78 is 1.60. The molecule has 0 N–H and O–H groups in total. The molecule has 0 atom stereocenters. The van der Waals surface area contributed by atoms with Gasteiger partial charge in [-0.1, -0.05) is 41.9 Å². The summed E-state index contributed by atoms with van der Waals surface area (Å²) in [6.45, 7) is 0. The first kappa shape index (κ1) is 12.2. The fourth-order valence-corrected chi connectivity index (χ4v) is 2.18. The minimum Gasteiger partial charge on any atom is -0.203 e. The average molecular weight is 290 g/mol. The van der Waals surface area contributed by atoms with Gasteiger partial charge >= 0.3 is 0 Å². The maximum atomic E-state index is 6.13. The standard InChI is InChI=1S/C14H9Cl2N3/c15-11-6-4-5-10(9-11)13-17-14(16)19(18-13)12-7-2-1-3-8-12/h1-9H. The molecule has 94 valence electrons. The zero-order chi connectivity index (χ0) is 13.2. The van der Waals surface area contributed by atoms with Crippen LogP contribution in [-0.4, -0.2) is 14.8 Å². The predicted molar refractivity (Wildman–Crippen MR) is 76.8 cm³/mol. The average Bonchev–Trinajstić information content (AvgIpc) is 2.82. The third-order valence-corrected chi connectivity index (χ3v) is 3.13. The summed E-state index contributed by atoms with van der Waals surface area (Å²) in [4.78, 5) is 4.26. The Balaban J connectivity index is 2.07. The van der Waals surface area contributed by atoms with Crippen LogP contribution in [0.25, 0.3) is 17.1 Å². The number of aromatic nitrogens is 3. The summed E-state index contributed by atoms with van der Waals surface area (Å²) in [5.41, 5.74) is 1.71. The van der Waals surface area contributed by atoms with Gasteiger partial charge in [0.1, 0.15) is 0 Å². The summed E-state index contributed by atoms with van der Waals surface area (Å²) in [6.07, 6.45) is 0. The lowest BCUT2D eigenvalue weighted by Gasteiger charge is -2.00. The first-order chi connectivity index (χ1) is 9.24. The monoisotopic (exact) mass is 289 g/mol. The second-order valence-electron chi connectivity index (χ2n) is 3.96. The molecule has 0 aliphatic carbocycles. The highest BCUT2D eigenvalue weighted by atomic mass is 35.5. The number of hydrogen-bond donors (Lipinski definition) is 0. The molecule has 0 spiro atoms. The van der Waals surface area contributed by atoms with E-state index in [1.807, 2.05) is 48.5 Å². The molecule has 3 nitrogen and oxygen atoms in total. The maximum absolute atomic E-state index is 6.13. The van der Waals surface area contributed by atoms with Gasteiger partial charge in [0.15, 0.2) is 5.82 Å². The molecule has 1 aromatic heterocycles. The van der Waals surface area contributed by atoms with Crippen LogP contribution in [0, 0.1) is 0 Å². The molecule has 0 saturated carbocycles. The topological polar surface area (TPSA) is 30.7 Å². The maximum Gasteiger partial charge on any atom is 0.226 e. The zero-order valence-electron chi connectivity index (χ0n) is 9.79. The molecule has 0 amide bonds. The summed E-state index contributed by atoms with van der Waals surface area (Å²) >= 11 is 12.1. The molecule has 0 aliphatic rings. The van der Waals surface area contributed by atoms with Crippen LogP contribution in [0.15, 0.2) is 54.6 Å². The van der Waals surface area contributed by atoms with Crippen LogP contribution < -0.4 is 0 Å². The summed E-state index contributed by atoms with van der Waals surface area (Å²) in [7, 11) is 0. The van der Waals surface area contributed by atoms with Crippen molar-refractivity contribution in [3.05, 3.63) is 64.9 Å². The Bertz CT molecular complexity index is 708. The number of hydrogen-bond acceptors (Lipinski definition) is 2. The van der Waals surface area contributed by atoms with Crippen LogP contribution >= 0.6 is 23.2 Å². The minimum atomic E-state index is 0.321. The Kier molecular flexibility index (Phi) is 3.23. The van der Waals surface area contributed by atoms with E-state index in [-0.39, 0.29) is 0 Å². The lowest BCUT2D eigenvalue weighted by molar-refractivity contribution is 0.883. The Morgan fingerprint density at radius 2 is 1.68 bits per heavy atom. The Morgan fingerprint density at radius 3 is 2.42 bits per heavy atom. The van der Waals surface area contributed by atoms with E-state index in [2.05, 4.69) is 10.1 Å². The van der Waals surface area contributed by atoms with Gasteiger partial charge < -0.3 is 0 Å². The molecular weight excluding hydrogens is 281 g/mol. The van der Waals surface area contributed by atoms with Gasteiger partial charge in [-0.2, -0.15) is 4.98 Å². The molecule has 19 heavy (non-hydrogen) atoms. The van der Waals surface area contributed by atoms with Crippen molar-refractivity contribution in [1.29, 1.82) is 0 Å². The van der Waals surface area contributed by atoms with Crippen molar-refractivity contribution in [2.75, 3.05) is 0 Å². The summed E-state index contributed by atoms with van der Waals surface area (Å²) in [5.74, 6) is 0.552. The quantitative estimate of drug-likeness (QED) is 0.706. The molecule has 0 saturated heterocycles. The number of halogens is 2. The molecule has 0 radical (unpaired) electrons. The van der Waals surface area contributed by atoms with Crippen LogP contribution in [0.5, 0.6) is 0 Å². The fraction of sp³-hybridized carbons (Fsp3) is 0. The van der Waals surface area contributed by atoms with Crippen molar-refractivity contribution in [3.63, 3.8) is 0 Å². The van der Waals surface area contributed by atoms with Gasteiger partial charge in [0.2, 0.25) is 5.28 Å². The molecule has 5 heteroatoms. The Labute approximate surface area is 120 Å². The van der Waals surface area contributed by atoms with Crippen LogP contribution in [0.1, 0.15) is 0 Å². The van der Waals surface area contributed by atoms with Crippen LogP contribution in [0.3, 0.4) is 0 Å². The second kappa shape index (κ2) is 5.03. The van der Waals surface area contributed by atoms with Crippen LogP contribution in [0.2, 0.25) is 10.3 Å². The molecule has 0 unspecified atom stereocenters. The second-order valence-corrected chi connectivity index (χ2v) is 4.74. The van der Waals surface area contributed by atoms with Gasteiger partial charge in [0, 0.05) is 10.6 Å². The lowest BCUT2D eigenvalue weighted by Crippen LogP contribution is -1.95. The predicted octanol–water partition coefficient (Wildman–Crippen LogP) is 4.24. The van der Waals surface area contributed by atoms with Gasteiger partial charge in [0.25, 0.3) is 0 Å². The van der Waals surface area contributed by atoms with Gasteiger partial charge in [-0.25, -0.2) is 4.68 Å². The van der Waals surface area contributed by atoms with E-state index in [1.54, 1.807) is 10.7 Å². The molecular formula is C14H9Cl2N3. The van der Waals surface area contributed by atoms with E-state index in [0.29, 0.717) is 16.1 Å². The number of benzene rings is 2. The zero-order valence-corrected chi connectivity index (χ0v) is 11.3. The highest BCUT2D eigenvalue weighted by molar-refractivity contribution is 6.31. The van der Waals surface area contributed by atoms with Crippen LogP contribution in [-0.2, 0) is 0 Å². The fourth-order valence-electron chi connectivity index (χ4n) is 1.78. The van der Waals surface area contributed by atoms with E-state index < -0.39 is 0 Å². The Hall–Kier alpha value is -1.84. The molecule has 0 aliphatic heterocycles. The molecule has 3 aromatic rings. The van der Waals surface area contributed by atoms with Crippen molar-refractivity contribution >= 4 is 23.2 Å². The van der Waals surface area contributed by atoms with E-state index in [4.69, 9.17) is 23.2 Å². The van der Waals surface area contributed by atoms with Gasteiger partial charge in [-0.3, -0.25) is 0 Å². The van der Waals surface area contributed by atoms with Crippen molar-refractivity contribution < 1.29 is 0 Å². The normalized spacial score (nSPS) is 10.6. The van der Waals surface area contributed by atoms with Crippen molar-refractivity contribution in [2.24, 2.45) is 0 Å². The van der Waals surface area contributed by atoms with Crippen molar-refractivity contribution in [2.45, 2.75) is 0 Å². The number of rotatable bonds is 2. The molecule has 0 fully saturated rings. The molecule has 0 bridgehead atoms. The first-order valence-electron chi connectivity index (χ1n) is 5.68. The minimum absolute atomic E-state index is 0.321. The third kappa shape index (κ3) is 2.48. The lowest BCUT2D eigenvalue weighted by atomic mass is 10.2. The SMILES string of the molecule is Clc1cccc(-c2nc(Cl)n(-c3ccccc3)n2)c1. The highest BCUT2D eigenvalue weighted by Gasteiger charge is 2.11. The Morgan fingerprint density at radius 1 is 0.895 bits per heavy atom. The third-order valence-electron chi connectivity index (χ3n) is 2.65. The summed E-state index contributed by atoms with van der Waals surface area (Å²) in [6, 6.07) is 17.0. The van der Waals surface area contributed by atoms with Crippen molar-refractivity contribution in [3.8, 4) is 17.1 Å². The highest BCUT2D eigenvalue weighted by Crippen LogP contribution is 2.23. The van der Waals surface area contributed by atoms with E-state index >= 15 is 0 Å². The van der Waals surface area contributed by atoms with E-state index in [9.17, 15) is 0 Å². The largest absolute Gasteiger partial charge is 0.226 e. The molecule has 3 rings (SSSR count). The van der Waals surface area contributed by atoms with Crippen LogP contribution in [0.4, 0.5) is 0 Å². The number of para-hydroxylation sites is 1. The molecule has 2 aromatic carbocycles. The van der Waals surface area contributed by atoms with Gasteiger partial charge in [-0.15, -0.1) is 5.10 Å². The van der Waals surface area contributed by atoms with Gasteiger partial charge in [-0.05, 0) is 35.9 Å². The van der Waals surface area contributed by atoms with Gasteiger partial charge in [0.05, 0.1) is 5.69 Å². The molecule has 1 heterocycles. The summed E-state index contributed by atoms with van der Waals surface area (Å²) in [5, 5.41) is 5.37. The van der Waals surface area contributed by atoms with Crippen molar-refractivity contribution in [1.82, 2.24) is 14.8 Å². The number of nitrogens with zero attached hydrogens (tertiary/aromatic N) is 3. The van der Waals surface area contributed by atoms with E-state index in [0.717, 1.165) is 11.3 Å². The smallest absolute Gasteiger partial charge is 0.203 e.